The molecule has 54 heavy (non-hydrogen) atoms. The zero-order chi connectivity index (χ0) is 44.8. The van der Waals surface area contributed by atoms with Gasteiger partial charge in [-0.05, 0) is 133 Å². The van der Waals surface area contributed by atoms with E-state index in [0.717, 1.165) is 25.2 Å². The number of rotatable bonds is 13. The fourth-order valence-corrected chi connectivity index (χ4v) is 3.79. The van der Waals surface area contributed by atoms with Crippen molar-refractivity contribution in [1.82, 2.24) is 16.0 Å². The molecule has 0 heterocycles. The highest BCUT2D eigenvalue weighted by Gasteiger charge is 2.24. The van der Waals surface area contributed by atoms with E-state index in [-0.39, 0.29) is 23.3 Å². The first kappa shape index (κ1) is 64.4. The van der Waals surface area contributed by atoms with E-state index in [1.807, 2.05) is 83.2 Å². The Bertz CT molecular complexity index is 850. The summed E-state index contributed by atoms with van der Waals surface area (Å²) >= 11 is 0. The van der Waals surface area contributed by atoms with Crippen LogP contribution in [0.4, 0.5) is 9.59 Å². The summed E-state index contributed by atoms with van der Waals surface area (Å²) in [6.07, 6.45) is 11.3. The molecule has 0 spiro atoms. The highest BCUT2D eigenvalue weighted by Crippen LogP contribution is 2.25. The quantitative estimate of drug-likeness (QED) is 0.173. The molecule has 0 unspecified atom stereocenters. The smallest absolute Gasteiger partial charge is 0.408 e. The molecule has 332 valence electrons. The average Bonchev–Trinajstić information content (AvgIpc) is 2.95. The van der Waals surface area contributed by atoms with Crippen LogP contribution in [-0.2, 0) is 9.47 Å². The first-order chi connectivity index (χ1) is 23.9. The summed E-state index contributed by atoms with van der Waals surface area (Å²) in [5.41, 5.74) is 0.295. The predicted molar refractivity (Wildman–Crippen MR) is 244 cm³/mol. The van der Waals surface area contributed by atoms with Crippen molar-refractivity contribution in [2.24, 2.45) is 16.7 Å². The van der Waals surface area contributed by atoms with Gasteiger partial charge in [-0.3, -0.25) is 0 Å². The summed E-state index contributed by atoms with van der Waals surface area (Å²) in [5, 5.41) is 8.90. The maximum Gasteiger partial charge on any atom is 0.408 e. The minimum absolute atomic E-state index is 0.183. The third-order valence-electron chi connectivity index (χ3n) is 8.79. The molecular weight excluding hydrogens is 671 g/mol. The Kier molecular flexibility index (Phi) is 37.6. The number of carbonyl (C=O) groups is 2. The van der Waals surface area contributed by atoms with E-state index in [1.165, 1.54) is 44.9 Å². The molecule has 0 aromatic carbocycles. The fraction of sp³-hybridized carbons (Fsp3) is 0.957. The molecule has 0 bridgehead atoms. The Balaban J connectivity index is -0.000000133. The molecule has 2 amide bonds. The van der Waals surface area contributed by atoms with Gasteiger partial charge in [-0.2, -0.15) is 0 Å². The maximum atomic E-state index is 11.4. The zero-order valence-electron chi connectivity index (χ0n) is 42.3. The van der Waals surface area contributed by atoms with Crippen molar-refractivity contribution in [3.8, 4) is 0 Å². The van der Waals surface area contributed by atoms with Gasteiger partial charge in [-0.25, -0.2) is 9.59 Å². The van der Waals surface area contributed by atoms with Crippen molar-refractivity contribution in [2.75, 3.05) is 7.05 Å². The van der Waals surface area contributed by atoms with Crippen LogP contribution in [-0.4, -0.2) is 47.1 Å². The molecule has 0 aromatic heterocycles. The van der Waals surface area contributed by atoms with Crippen molar-refractivity contribution in [2.45, 2.75) is 272 Å². The summed E-state index contributed by atoms with van der Waals surface area (Å²) in [4.78, 5) is 22.7. The molecule has 7 heteroatoms. The average molecular weight is 776 g/mol. The zero-order valence-corrected chi connectivity index (χ0v) is 42.3. The number of carbonyl (C=O) groups excluding carboxylic acids is 2. The summed E-state index contributed by atoms with van der Waals surface area (Å²) < 4.78 is 10.3. The van der Waals surface area contributed by atoms with Crippen LogP contribution in [0.3, 0.4) is 0 Å². The molecule has 0 atom stereocenters. The van der Waals surface area contributed by atoms with Crippen LogP contribution in [0.5, 0.6) is 0 Å². The molecule has 0 saturated carbocycles. The van der Waals surface area contributed by atoms with Crippen LogP contribution in [0.25, 0.3) is 0 Å². The second-order valence-corrected chi connectivity index (χ2v) is 20.9. The number of ether oxygens (including phenoxy) is 2. The van der Waals surface area contributed by atoms with Crippen molar-refractivity contribution in [3.05, 3.63) is 0 Å². The van der Waals surface area contributed by atoms with E-state index in [4.69, 9.17) is 9.47 Å². The second kappa shape index (κ2) is 31.6. The first-order valence-corrected chi connectivity index (χ1v) is 21.6. The molecule has 7 nitrogen and oxygen atoms in total. The van der Waals surface area contributed by atoms with E-state index < -0.39 is 11.2 Å². The largest absolute Gasteiger partial charge is 0.444 e. The first-order valence-electron chi connectivity index (χ1n) is 21.6. The van der Waals surface area contributed by atoms with Gasteiger partial charge in [0.1, 0.15) is 11.2 Å². The van der Waals surface area contributed by atoms with Crippen LogP contribution in [0.1, 0.15) is 244 Å². The Labute approximate surface area is 342 Å². The van der Waals surface area contributed by atoms with Crippen molar-refractivity contribution < 1.29 is 19.1 Å². The van der Waals surface area contributed by atoms with Crippen LogP contribution >= 0.6 is 0 Å². The third kappa shape index (κ3) is 59.8. The molecule has 0 saturated heterocycles. The van der Waals surface area contributed by atoms with Gasteiger partial charge in [0.2, 0.25) is 0 Å². The van der Waals surface area contributed by atoms with E-state index in [2.05, 4.69) is 120 Å². The normalized spacial score (nSPS) is 12.0. The number of amides is 2. The van der Waals surface area contributed by atoms with E-state index in [9.17, 15) is 9.59 Å². The molecular formula is C47H105N3O4. The maximum absolute atomic E-state index is 11.4. The topological polar surface area (TPSA) is 88.7 Å². The van der Waals surface area contributed by atoms with Crippen LogP contribution in [0, 0.1) is 16.7 Å². The van der Waals surface area contributed by atoms with E-state index in [0.29, 0.717) is 16.4 Å². The lowest BCUT2D eigenvalue weighted by Gasteiger charge is -2.28. The number of nitrogens with one attached hydrogen (secondary N) is 3. The SMILES string of the molecule is CC(C)C.CCC(C)(C)CC.CCC(C)(C)NC(=O)OC(C)(C)C.CCCC(C)(C)CC.CCCC(C)(C)NC.CCCC(C)(C)NC(=O)OC(C)(C)C. The van der Waals surface area contributed by atoms with Crippen LogP contribution < -0.4 is 16.0 Å². The monoisotopic (exact) mass is 776 g/mol. The second-order valence-electron chi connectivity index (χ2n) is 20.9. The van der Waals surface area contributed by atoms with Crippen molar-refractivity contribution >= 4 is 12.2 Å². The van der Waals surface area contributed by atoms with Gasteiger partial charge < -0.3 is 25.4 Å². The molecule has 0 fully saturated rings. The predicted octanol–water partition coefficient (Wildman–Crippen LogP) is 15.3. The lowest BCUT2D eigenvalue weighted by Crippen LogP contribution is -2.45. The van der Waals surface area contributed by atoms with Gasteiger partial charge in [-0.15, -0.1) is 0 Å². The molecule has 0 aromatic rings. The Morgan fingerprint density at radius 3 is 0.889 bits per heavy atom. The standard InChI is InChI=1S/C11H23NO2.C10H21NO2.C8H18.C7H17N.C7H16.C4H10/c1-7-8-11(5,6)12-9(13)14-10(2,3)4;1-7-10(5,6)11-8(12)13-9(2,3)4;1-5-7-8(3,4)6-2;1-5-6-7(2,3)8-4;1-5-7(3,4)6-2;1-4(2)3/h7-8H2,1-6H3,(H,12,13);7H2,1-6H3,(H,11,12);5-7H2,1-4H3;8H,5-6H2,1-4H3;5-6H2,1-4H3;4H,1-3H3. The lowest BCUT2D eigenvalue weighted by molar-refractivity contribution is 0.0456. The van der Waals surface area contributed by atoms with Crippen molar-refractivity contribution in [3.63, 3.8) is 0 Å². The van der Waals surface area contributed by atoms with Gasteiger partial charge in [0.15, 0.2) is 0 Å². The molecule has 0 radical (unpaired) electrons. The van der Waals surface area contributed by atoms with Crippen LogP contribution in [0.2, 0.25) is 0 Å². The molecule has 0 aliphatic heterocycles. The number of hydrogen-bond donors (Lipinski definition) is 3. The molecule has 0 aliphatic carbocycles. The minimum Gasteiger partial charge on any atom is -0.444 e. The van der Waals surface area contributed by atoms with E-state index in [1.54, 1.807) is 0 Å². The van der Waals surface area contributed by atoms with Gasteiger partial charge >= 0.3 is 12.2 Å². The summed E-state index contributed by atoms with van der Waals surface area (Å²) in [7, 11) is 2.01. The summed E-state index contributed by atoms with van der Waals surface area (Å²) in [5.74, 6) is 0.833. The van der Waals surface area contributed by atoms with Crippen LogP contribution in [0.15, 0.2) is 0 Å². The highest BCUT2D eigenvalue weighted by atomic mass is 16.6. The molecule has 0 aliphatic rings. The third-order valence-corrected chi connectivity index (χ3v) is 8.79. The Hall–Kier alpha value is -1.50. The number of alkyl carbamates (subject to hydrolysis) is 2. The van der Waals surface area contributed by atoms with Gasteiger partial charge in [0, 0.05) is 16.6 Å². The van der Waals surface area contributed by atoms with Gasteiger partial charge in [-0.1, -0.05) is 135 Å². The van der Waals surface area contributed by atoms with Crippen molar-refractivity contribution in [1.29, 1.82) is 0 Å². The summed E-state index contributed by atoms with van der Waals surface area (Å²) in [6.45, 7) is 54.6. The minimum atomic E-state index is -0.424. The lowest BCUT2D eigenvalue weighted by atomic mass is 9.86. The Morgan fingerprint density at radius 1 is 0.444 bits per heavy atom. The highest BCUT2D eigenvalue weighted by molar-refractivity contribution is 5.69. The van der Waals surface area contributed by atoms with Gasteiger partial charge in [0.05, 0.1) is 0 Å². The van der Waals surface area contributed by atoms with E-state index >= 15 is 0 Å². The summed E-state index contributed by atoms with van der Waals surface area (Å²) in [6, 6.07) is 0. The molecule has 0 rings (SSSR count). The fourth-order valence-electron chi connectivity index (χ4n) is 3.79. The molecule has 3 N–H and O–H groups in total. The Morgan fingerprint density at radius 2 is 0.722 bits per heavy atom. The van der Waals surface area contributed by atoms with Gasteiger partial charge in [0.25, 0.3) is 0 Å². The number of hydrogen-bond acceptors (Lipinski definition) is 5.